The second-order valence-corrected chi connectivity index (χ2v) is 5.37. The number of benzene rings is 1. The molecule has 21 heavy (non-hydrogen) atoms. The number of nitro groups is 1. The molecule has 2 rings (SSSR count). The van der Waals surface area contributed by atoms with Gasteiger partial charge in [-0.15, -0.1) is 0 Å². The molecule has 7 heteroatoms. The van der Waals surface area contributed by atoms with E-state index in [1.807, 2.05) is 0 Å². The van der Waals surface area contributed by atoms with E-state index < -0.39 is 4.92 Å². The predicted molar refractivity (Wildman–Crippen MR) is 80.6 cm³/mol. The molecular weight excluding hydrogens is 272 g/mol. The first-order valence-electron chi connectivity index (χ1n) is 6.94. The van der Waals surface area contributed by atoms with Crippen molar-refractivity contribution in [1.82, 2.24) is 10.2 Å². The number of anilines is 1. The van der Waals surface area contributed by atoms with Crippen molar-refractivity contribution < 1.29 is 9.72 Å². The molecule has 1 aliphatic rings. The van der Waals surface area contributed by atoms with Crippen LogP contribution in [0.3, 0.4) is 0 Å². The van der Waals surface area contributed by atoms with Crippen molar-refractivity contribution >= 4 is 17.3 Å². The molecule has 0 saturated carbocycles. The molecule has 1 atom stereocenters. The van der Waals surface area contributed by atoms with Gasteiger partial charge >= 0.3 is 0 Å². The first-order chi connectivity index (χ1) is 10.0. The highest BCUT2D eigenvalue weighted by atomic mass is 16.6. The number of amides is 1. The molecule has 2 N–H and O–H groups in total. The van der Waals surface area contributed by atoms with E-state index in [0.717, 1.165) is 19.5 Å². The van der Waals surface area contributed by atoms with Crippen molar-refractivity contribution in [3.8, 4) is 0 Å². The summed E-state index contributed by atoms with van der Waals surface area (Å²) in [6, 6.07) is 4.34. The molecule has 1 aromatic rings. The molecule has 1 amide bonds. The van der Waals surface area contributed by atoms with Gasteiger partial charge in [-0.05, 0) is 38.1 Å². The number of hydrogen-bond donors (Lipinski definition) is 2. The minimum atomic E-state index is -0.470. The lowest BCUT2D eigenvalue weighted by atomic mass is 10.1. The lowest BCUT2D eigenvalue weighted by Gasteiger charge is -2.12. The monoisotopic (exact) mass is 292 g/mol. The normalized spacial score (nSPS) is 18.5. The smallest absolute Gasteiger partial charge is 0.292 e. The van der Waals surface area contributed by atoms with E-state index in [-0.39, 0.29) is 11.6 Å². The van der Waals surface area contributed by atoms with Crippen molar-refractivity contribution in [2.45, 2.75) is 6.42 Å². The number of likely N-dealkylation sites (tertiary alicyclic amines) is 1. The summed E-state index contributed by atoms with van der Waals surface area (Å²) in [5.74, 6) is 0.275. The number of nitrogens with one attached hydrogen (secondary N) is 2. The van der Waals surface area contributed by atoms with Crippen LogP contribution in [-0.4, -0.2) is 49.5 Å². The third-order valence-corrected chi connectivity index (χ3v) is 3.77. The molecule has 0 radical (unpaired) electrons. The van der Waals surface area contributed by atoms with Crippen molar-refractivity contribution in [2.75, 3.05) is 39.0 Å². The Hall–Kier alpha value is -2.15. The SMILES string of the molecule is CNc1cc(C(=O)NCC2CCN(C)C2)ccc1[N+](=O)[O-]. The van der Waals surface area contributed by atoms with Crippen molar-refractivity contribution in [1.29, 1.82) is 0 Å². The molecule has 0 aromatic heterocycles. The van der Waals surface area contributed by atoms with Crippen LogP contribution in [0.15, 0.2) is 18.2 Å². The van der Waals surface area contributed by atoms with Crippen LogP contribution in [0.5, 0.6) is 0 Å². The van der Waals surface area contributed by atoms with Gasteiger partial charge in [0.2, 0.25) is 0 Å². The first-order valence-corrected chi connectivity index (χ1v) is 6.94. The van der Waals surface area contributed by atoms with Crippen LogP contribution >= 0.6 is 0 Å². The van der Waals surface area contributed by atoms with E-state index in [0.29, 0.717) is 23.7 Å². The molecule has 1 aliphatic heterocycles. The number of nitro benzene ring substituents is 1. The molecule has 7 nitrogen and oxygen atoms in total. The quantitative estimate of drug-likeness (QED) is 0.631. The van der Waals surface area contributed by atoms with Crippen LogP contribution in [0.1, 0.15) is 16.8 Å². The standard InChI is InChI=1S/C14H20N4O3/c1-15-12-7-11(3-4-13(12)18(20)21)14(19)16-8-10-5-6-17(2)9-10/h3-4,7,10,15H,5-6,8-9H2,1-2H3,(H,16,19). The van der Waals surface area contributed by atoms with E-state index in [9.17, 15) is 14.9 Å². The largest absolute Gasteiger partial charge is 0.383 e. The Morgan fingerprint density at radius 3 is 2.86 bits per heavy atom. The van der Waals surface area contributed by atoms with Gasteiger partial charge in [-0.2, -0.15) is 0 Å². The third kappa shape index (κ3) is 3.69. The van der Waals surface area contributed by atoms with Gasteiger partial charge in [0.25, 0.3) is 11.6 Å². The fourth-order valence-corrected chi connectivity index (χ4v) is 2.57. The molecule has 1 aromatic carbocycles. The van der Waals surface area contributed by atoms with Gasteiger partial charge in [0, 0.05) is 31.8 Å². The van der Waals surface area contributed by atoms with E-state index in [1.54, 1.807) is 7.05 Å². The van der Waals surface area contributed by atoms with Crippen LogP contribution in [0, 0.1) is 16.0 Å². The Morgan fingerprint density at radius 1 is 1.52 bits per heavy atom. The van der Waals surface area contributed by atoms with E-state index in [4.69, 9.17) is 0 Å². The average Bonchev–Trinajstić information content (AvgIpc) is 2.89. The molecule has 1 fully saturated rings. The summed E-state index contributed by atoms with van der Waals surface area (Å²) >= 11 is 0. The van der Waals surface area contributed by atoms with E-state index in [1.165, 1.54) is 18.2 Å². The van der Waals surface area contributed by atoms with Crippen molar-refractivity contribution in [2.24, 2.45) is 5.92 Å². The van der Waals surface area contributed by atoms with Crippen LogP contribution in [0.4, 0.5) is 11.4 Å². The fourth-order valence-electron chi connectivity index (χ4n) is 2.57. The van der Waals surface area contributed by atoms with Gasteiger partial charge in [0.05, 0.1) is 4.92 Å². The summed E-state index contributed by atoms with van der Waals surface area (Å²) in [7, 11) is 3.66. The molecule has 114 valence electrons. The lowest BCUT2D eigenvalue weighted by molar-refractivity contribution is -0.383. The van der Waals surface area contributed by atoms with Crippen molar-refractivity contribution in [3.63, 3.8) is 0 Å². The summed E-state index contributed by atoms with van der Waals surface area (Å²) < 4.78 is 0. The summed E-state index contributed by atoms with van der Waals surface area (Å²) in [6.45, 7) is 2.68. The maximum absolute atomic E-state index is 12.1. The Bertz CT molecular complexity index is 547. The second kappa shape index (κ2) is 6.53. The molecule has 0 spiro atoms. The highest BCUT2D eigenvalue weighted by Gasteiger charge is 2.21. The molecule has 1 heterocycles. The van der Waals surface area contributed by atoms with Gasteiger partial charge in [-0.1, -0.05) is 0 Å². The topological polar surface area (TPSA) is 87.5 Å². The Balaban J connectivity index is 2.00. The number of carbonyl (C=O) groups excluding carboxylic acids is 1. The Morgan fingerprint density at radius 2 is 2.29 bits per heavy atom. The summed E-state index contributed by atoms with van der Waals surface area (Å²) in [5, 5.41) is 16.5. The molecule has 0 aliphatic carbocycles. The highest BCUT2D eigenvalue weighted by molar-refractivity contribution is 5.95. The molecule has 1 saturated heterocycles. The molecule has 1 unspecified atom stereocenters. The van der Waals surface area contributed by atoms with Gasteiger partial charge in [-0.3, -0.25) is 14.9 Å². The van der Waals surface area contributed by atoms with Crippen LogP contribution in [0.25, 0.3) is 0 Å². The predicted octanol–water partition coefficient (Wildman–Crippen LogP) is 1.32. The molecular formula is C14H20N4O3. The first kappa shape index (κ1) is 15.2. The zero-order valence-corrected chi connectivity index (χ0v) is 12.3. The van der Waals surface area contributed by atoms with Gasteiger partial charge in [0.1, 0.15) is 5.69 Å². The minimum Gasteiger partial charge on any atom is -0.383 e. The zero-order valence-electron chi connectivity index (χ0n) is 12.3. The summed E-state index contributed by atoms with van der Waals surface area (Å²) in [5.41, 5.74) is 0.732. The Labute approximate surface area is 123 Å². The summed E-state index contributed by atoms with van der Waals surface area (Å²) in [6.07, 6.45) is 1.08. The van der Waals surface area contributed by atoms with Crippen LogP contribution < -0.4 is 10.6 Å². The van der Waals surface area contributed by atoms with Crippen LogP contribution in [-0.2, 0) is 0 Å². The lowest BCUT2D eigenvalue weighted by Crippen LogP contribution is -2.30. The summed E-state index contributed by atoms with van der Waals surface area (Å²) in [4.78, 5) is 24.7. The van der Waals surface area contributed by atoms with Gasteiger partial charge < -0.3 is 15.5 Å². The number of nitrogens with zero attached hydrogens (tertiary/aromatic N) is 2. The highest BCUT2D eigenvalue weighted by Crippen LogP contribution is 2.24. The van der Waals surface area contributed by atoms with Gasteiger partial charge in [-0.25, -0.2) is 0 Å². The molecule has 0 bridgehead atoms. The average molecular weight is 292 g/mol. The van der Waals surface area contributed by atoms with E-state index >= 15 is 0 Å². The van der Waals surface area contributed by atoms with Gasteiger partial charge in [0.15, 0.2) is 0 Å². The maximum atomic E-state index is 12.1. The number of rotatable bonds is 5. The van der Waals surface area contributed by atoms with Crippen LogP contribution in [0.2, 0.25) is 0 Å². The van der Waals surface area contributed by atoms with Crippen molar-refractivity contribution in [3.05, 3.63) is 33.9 Å². The third-order valence-electron chi connectivity index (χ3n) is 3.77. The van der Waals surface area contributed by atoms with E-state index in [2.05, 4.69) is 22.6 Å². The second-order valence-electron chi connectivity index (χ2n) is 5.37. The number of carbonyl (C=O) groups is 1. The Kier molecular flexibility index (Phi) is 4.74. The minimum absolute atomic E-state index is 0.0357. The number of hydrogen-bond acceptors (Lipinski definition) is 5. The fraction of sp³-hybridized carbons (Fsp3) is 0.500. The maximum Gasteiger partial charge on any atom is 0.292 e. The zero-order chi connectivity index (χ0) is 15.4.